The first kappa shape index (κ1) is 12.2. The van der Waals surface area contributed by atoms with Gasteiger partial charge >= 0.3 is 0 Å². The molecule has 0 bridgehead atoms. The summed E-state index contributed by atoms with van der Waals surface area (Å²) in [5, 5.41) is 6.88. The number of nitrogens with one attached hydrogen (secondary N) is 1. The highest BCUT2D eigenvalue weighted by atomic mass is 16.5. The molecule has 0 aliphatic heterocycles. The summed E-state index contributed by atoms with van der Waals surface area (Å²) in [6.45, 7) is 4.40. The van der Waals surface area contributed by atoms with Crippen molar-refractivity contribution >= 4 is 11.4 Å². The fourth-order valence-electron chi connectivity index (χ4n) is 1.45. The summed E-state index contributed by atoms with van der Waals surface area (Å²) in [4.78, 5) is 3.92. The first-order valence-corrected chi connectivity index (χ1v) is 5.70. The normalized spacial score (nSPS) is 10.6. The van der Waals surface area contributed by atoms with E-state index in [9.17, 15) is 0 Å². The van der Waals surface area contributed by atoms with E-state index in [1.807, 2.05) is 26.0 Å². The van der Waals surface area contributed by atoms with Gasteiger partial charge in [0.2, 0.25) is 6.39 Å². The molecular formula is C12H16N4O2. The lowest BCUT2D eigenvalue weighted by Gasteiger charge is -2.13. The van der Waals surface area contributed by atoms with Crippen LogP contribution in [0.15, 0.2) is 29.1 Å². The maximum absolute atomic E-state index is 5.84. The number of benzene rings is 1. The fraction of sp³-hybridized carbons (Fsp3) is 0.333. The number of aromatic nitrogens is 2. The van der Waals surface area contributed by atoms with Crippen molar-refractivity contribution in [1.82, 2.24) is 10.1 Å². The zero-order chi connectivity index (χ0) is 13.0. The van der Waals surface area contributed by atoms with Crippen molar-refractivity contribution in [1.29, 1.82) is 0 Å². The van der Waals surface area contributed by atoms with E-state index in [0.717, 1.165) is 5.69 Å². The lowest BCUT2D eigenvalue weighted by atomic mass is 10.2. The Labute approximate surface area is 105 Å². The van der Waals surface area contributed by atoms with Crippen molar-refractivity contribution in [2.75, 3.05) is 11.1 Å². The maximum atomic E-state index is 5.84. The SMILES string of the molecule is CC(C)Oc1cc(NCc2ncon2)ccc1N. The van der Waals surface area contributed by atoms with Gasteiger partial charge in [0.1, 0.15) is 5.75 Å². The van der Waals surface area contributed by atoms with Crippen LogP contribution in [-0.2, 0) is 6.54 Å². The molecule has 0 atom stereocenters. The molecule has 3 N–H and O–H groups in total. The second-order valence-corrected chi connectivity index (χ2v) is 4.12. The second kappa shape index (κ2) is 5.39. The van der Waals surface area contributed by atoms with Crippen molar-refractivity contribution in [3.05, 3.63) is 30.4 Å². The molecule has 6 heteroatoms. The van der Waals surface area contributed by atoms with E-state index >= 15 is 0 Å². The molecule has 0 radical (unpaired) electrons. The van der Waals surface area contributed by atoms with E-state index < -0.39 is 0 Å². The van der Waals surface area contributed by atoms with E-state index in [1.54, 1.807) is 6.07 Å². The summed E-state index contributed by atoms with van der Waals surface area (Å²) in [5.41, 5.74) is 7.35. The summed E-state index contributed by atoms with van der Waals surface area (Å²) in [5.74, 6) is 1.27. The van der Waals surface area contributed by atoms with E-state index in [4.69, 9.17) is 10.5 Å². The van der Waals surface area contributed by atoms with E-state index in [-0.39, 0.29) is 6.10 Å². The number of nitrogen functional groups attached to an aromatic ring is 1. The van der Waals surface area contributed by atoms with Crippen molar-refractivity contribution in [2.45, 2.75) is 26.5 Å². The van der Waals surface area contributed by atoms with Crippen molar-refractivity contribution in [3.63, 3.8) is 0 Å². The van der Waals surface area contributed by atoms with Gasteiger partial charge in [-0.25, -0.2) is 0 Å². The van der Waals surface area contributed by atoms with Gasteiger partial charge in [-0.2, -0.15) is 4.98 Å². The lowest BCUT2D eigenvalue weighted by Crippen LogP contribution is -2.08. The average molecular weight is 248 g/mol. The predicted molar refractivity (Wildman–Crippen MR) is 68.2 cm³/mol. The Morgan fingerprint density at radius 1 is 1.44 bits per heavy atom. The van der Waals surface area contributed by atoms with Crippen molar-refractivity contribution < 1.29 is 9.26 Å². The average Bonchev–Trinajstić information content (AvgIpc) is 2.82. The minimum Gasteiger partial charge on any atom is -0.489 e. The molecule has 2 rings (SSSR count). The Morgan fingerprint density at radius 3 is 2.94 bits per heavy atom. The highest BCUT2D eigenvalue weighted by Gasteiger charge is 2.05. The smallest absolute Gasteiger partial charge is 0.213 e. The van der Waals surface area contributed by atoms with Gasteiger partial charge in [-0.15, -0.1) is 0 Å². The van der Waals surface area contributed by atoms with Gasteiger partial charge in [-0.3, -0.25) is 0 Å². The van der Waals surface area contributed by atoms with E-state index in [0.29, 0.717) is 23.8 Å². The molecule has 0 unspecified atom stereocenters. The zero-order valence-electron chi connectivity index (χ0n) is 10.4. The van der Waals surface area contributed by atoms with Gasteiger partial charge in [0.05, 0.1) is 18.3 Å². The Bertz CT molecular complexity index is 497. The molecule has 0 fully saturated rings. The number of hydrogen-bond donors (Lipinski definition) is 2. The zero-order valence-corrected chi connectivity index (χ0v) is 10.4. The summed E-state index contributed by atoms with van der Waals surface area (Å²) in [6, 6.07) is 5.54. The third-order valence-electron chi connectivity index (χ3n) is 2.23. The molecule has 6 nitrogen and oxygen atoms in total. The predicted octanol–water partition coefficient (Wildman–Crippen LogP) is 2.05. The molecule has 0 spiro atoms. The topological polar surface area (TPSA) is 86.2 Å². The third-order valence-corrected chi connectivity index (χ3v) is 2.23. The van der Waals surface area contributed by atoms with Gasteiger partial charge in [0, 0.05) is 11.8 Å². The number of nitrogens with zero attached hydrogens (tertiary/aromatic N) is 2. The molecule has 0 amide bonds. The molecule has 96 valence electrons. The van der Waals surface area contributed by atoms with Crippen LogP contribution in [0.25, 0.3) is 0 Å². The minimum atomic E-state index is 0.0831. The first-order valence-electron chi connectivity index (χ1n) is 5.70. The molecule has 0 aliphatic carbocycles. The van der Waals surface area contributed by atoms with Gasteiger partial charge in [-0.1, -0.05) is 5.16 Å². The van der Waals surface area contributed by atoms with Crippen LogP contribution in [0.2, 0.25) is 0 Å². The van der Waals surface area contributed by atoms with Crippen LogP contribution in [0.3, 0.4) is 0 Å². The number of nitrogens with two attached hydrogens (primary N) is 1. The maximum Gasteiger partial charge on any atom is 0.213 e. The fourth-order valence-corrected chi connectivity index (χ4v) is 1.45. The van der Waals surface area contributed by atoms with E-state index in [2.05, 4.69) is 20.0 Å². The van der Waals surface area contributed by atoms with Gasteiger partial charge in [0.25, 0.3) is 0 Å². The summed E-state index contributed by atoms with van der Waals surface area (Å²) in [6.07, 6.45) is 1.38. The van der Waals surface area contributed by atoms with E-state index in [1.165, 1.54) is 6.39 Å². The molecule has 0 aliphatic rings. The standard InChI is InChI=1S/C12H16N4O2/c1-8(2)18-11-5-9(3-4-10(11)13)14-6-12-15-7-17-16-12/h3-5,7-8,14H,6,13H2,1-2H3. The third kappa shape index (κ3) is 3.13. The quantitative estimate of drug-likeness (QED) is 0.787. The van der Waals surface area contributed by atoms with Crippen molar-refractivity contribution in [2.24, 2.45) is 0 Å². The number of ether oxygens (including phenoxy) is 1. The molecule has 0 saturated heterocycles. The first-order chi connectivity index (χ1) is 8.65. The second-order valence-electron chi connectivity index (χ2n) is 4.12. The number of rotatable bonds is 5. The molecule has 2 aromatic rings. The highest BCUT2D eigenvalue weighted by molar-refractivity contribution is 5.61. The summed E-state index contributed by atoms with van der Waals surface area (Å²) >= 11 is 0. The van der Waals surface area contributed by atoms with Crippen molar-refractivity contribution in [3.8, 4) is 5.75 Å². The highest BCUT2D eigenvalue weighted by Crippen LogP contribution is 2.26. The van der Waals surface area contributed by atoms with Crippen LogP contribution in [0, 0.1) is 0 Å². The molecule has 18 heavy (non-hydrogen) atoms. The van der Waals surface area contributed by atoms with Gasteiger partial charge in [0.15, 0.2) is 5.82 Å². The van der Waals surface area contributed by atoms with Crippen LogP contribution in [-0.4, -0.2) is 16.2 Å². The van der Waals surface area contributed by atoms with Gasteiger partial charge in [-0.05, 0) is 26.0 Å². The minimum absolute atomic E-state index is 0.0831. The lowest BCUT2D eigenvalue weighted by molar-refractivity contribution is 0.244. The van der Waals surface area contributed by atoms with Crippen LogP contribution in [0.4, 0.5) is 11.4 Å². The molecule has 0 saturated carbocycles. The Kier molecular flexibility index (Phi) is 3.66. The molecule has 1 heterocycles. The molecule has 1 aromatic carbocycles. The Balaban J connectivity index is 2.04. The largest absolute Gasteiger partial charge is 0.489 e. The van der Waals surface area contributed by atoms with Gasteiger partial charge < -0.3 is 20.3 Å². The van der Waals surface area contributed by atoms with Crippen LogP contribution < -0.4 is 15.8 Å². The van der Waals surface area contributed by atoms with Crippen LogP contribution in [0.5, 0.6) is 5.75 Å². The Hall–Kier alpha value is -2.24. The Morgan fingerprint density at radius 2 is 2.28 bits per heavy atom. The number of anilines is 2. The molecule has 1 aromatic heterocycles. The summed E-state index contributed by atoms with van der Waals surface area (Å²) < 4.78 is 10.3. The summed E-state index contributed by atoms with van der Waals surface area (Å²) in [7, 11) is 0. The number of hydrogen-bond acceptors (Lipinski definition) is 6. The van der Waals surface area contributed by atoms with Crippen LogP contribution in [0.1, 0.15) is 19.7 Å². The molecular weight excluding hydrogens is 232 g/mol. The monoisotopic (exact) mass is 248 g/mol. The van der Waals surface area contributed by atoms with Crippen LogP contribution >= 0.6 is 0 Å².